The lowest BCUT2D eigenvalue weighted by atomic mass is 10.2. The lowest BCUT2D eigenvalue weighted by Gasteiger charge is -2.11. The number of hydrogen-bond acceptors (Lipinski definition) is 7. The van der Waals surface area contributed by atoms with E-state index >= 15 is 0 Å². The Morgan fingerprint density at radius 1 is 0.897 bits per heavy atom. The maximum Gasteiger partial charge on any atom is 0.261 e. The molecule has 3 aromatic rings. The molecule has 1 heterocycles. The highest BCUT2D eigenvalue weighted by Gasteiger charge is 2.28. The summed E-state index contributed by atoms with van der Waals surface area (Å²) >= 11 is 0. The molecule has 0 atom stereocenters. The van der Waals surface area contributed by atoms with Crippen LogP contribution in [0.3, 0.4) is 0 Å². The van der Waals surface area contributed by atoms with Gasteiger partial charge in [0.1, 0.15) is 0 Å². The second-order valence-electron chi connectivity index (χ2n) is 6.64. The summed E-state index contributed by atoms with van der Waals surface area (Å²) in [6, 6.07) is 11.6. The Labute approximate surface area is 168 Å². The Bertz CT molecular complexity index is 1250. The van der Waals surface area contributed by atoms with E-state index in [1.54, 1.807) is 31.2 Å². The van der Waals surface area contributed by atoms with Gasteiger partial charge < -0.3 is 4.42 Å². The van der Waals surface area contributed by atoms with Gasteiger partial charge in [-0.15, -0.1) is 10.2 Å². The fourth-order valence-corrected chi connectivity index (χ4v) is 5.04. The number of anilines is 1. The molecule has 1 aliphatic carbocycles. The molecule has 0 bridgehead atoms. The molecule has 152 valence electrons. The van der Waals surface area contributed by atoms with Gasteiger partial charge in [0, 0.05) is 13.0 Å². The molecule has 1 saturated carbocycles. The first-order valence-corrected chi connectivity index (χ1v) is 11.8. The van der Waals surface area contributed by atoms with Gasteiger partial charge in [-0.05, 0) is 49.2 Å². The molecule has 29 heavy (non-hydrogen) atoms. The fourth-order valence-electron chi connectivity index (χ4n) is 2.65. The molecule has 2 N–H and O–H groups in total. The van der Waals surface area contributed by atoms with Gasteiger partial charge >= 0.3 is 0 Å². The summed E-state index contributed by atoms with van der Waals surface area (Å²) in [5.74, 6) is 0.544. The van der Waals surface area contributed by atoms with Crippen molar-refractivity contribution in [3.8, 4) is 11.5 Å². The minimum Gasteiger partial charge on any atom is -0.421 e. The standard InChI is InChI=1S/C18H18N4O5S2/c1-12-19-20-18(27-12)16-4-2-3-5-17(16)22-29(25,26)15-10-8-14(9-11-15)28(23,24)21-13-6-7-13/h2-5,8-11,13,21-22H,6-7H2,1H3. The van der Waals surface area contributed by atoms with Gasteiger partial charge in [-0.2, -0.15) is 0 Å². The van der Waals surface area contributed by atoms with Crippen molar-refractivity contribution in [2.75, 3.05) is 4.72 Å². The zero-order chi connectivity index (χ0) is 20.6. The second-order valence-corrected chi connectivity index (χ2v) is 10.0. The molecule has 0 spiro atoms. The van der Waals surface area contributed by atoms with E-state index in [4.69, 9.17) is 4.42 Å². The minimum absolute atomic E-state index is 0.0186. The molecule has 1 aromatic heterocycles. The van der Waals surface area contributed by atoms with Crippen molar-refractivity contribution in [1.29, 1.82) is 0 Å². The van der Waals surface area contributed by atoms with Crippen LogP contribution in [-0.4, -0.2) is 33.1 Å². The van der Waals surface area contributed by atoms with Crippen molar-refractivity contribution < 1.29 is 21.3 Å². The van der Waals surface area contributed by atoms with Gasteiger partial charge in [-0.3, -0.25) is 4.72 Å². The highest BCUT2D eigenvalue weighted by molar-refractivity contribution is 7.92. The number of sulfonamides is 2. The summed E-state index contributed by atoms with van der Waals surface area (Å²) in [6.45, 7) is 1.64. The largest absolute Gasteiger partial charge is 0.421 e. The minimum atomic E-state index is -3.97. The van der Waals surface area contributed by atoms with E-state index in [0.29, 0.717) is 11.5 Å². The number of aryl methyl sites for hydroxylation is 1. The lowest BCUT2D eigenvalue weighted by molar-refractivity contribution is 0.533. The summed E-state index contributed by atoms with van der Waals surface area (Å²) in [5, 5.41) is 7.68. The number of benzene rings is 2. The van der Waals surface area contributed by atoms with Gasteiger partial charge in [-0.1, -0.05) is 12.1 Å². The zero-order valence-electron chi connectivity index (χ0n) is 15.4. The third-order valence-corrected chi connectivity index (χ3v) is 7.19. The smallest absolute Gasteiger partial charge is 0.261 e. The van der Waals surface area contributed by atoms with Gasteiger partial charge in [0.05, 0.1) is 21.0 Å². The Morgan fingerprint density at radius 3 is 2.10 bits per heavy atom. The van der Waals surface area contributed by atoms with Crippen LogP contribution >= 0.6 is 0 Å². The Hall–Kier alpha value is -2.76. The first-order valence-electron chi connectivity index (χ1n) is 8.79. The number of nitrogens with zero attached hydrogens (tertiary/aromatic N) is 2. The van der Waals surface area contributed by atoms with Crippen LogP contribution < -0.4 is 9.44 Å². The summed E-state index contributed by atoms with van der Waals surface area (Å²) < 4.78 is 60.5. The van der Waals surface area contributed by atoms with Crippen molar-refractivity contribution in [3.63, 3.8) is 0 Å². The van der Waals surface area contributed by atoms with Crippen molar-refractivity contribution in [1.82, 2.24) is 14.9 Å². The zero-order valence-corrected chi connectivity index (χ0v) is 17.0. The first kappa shape index (κ1) is 19.6. The normalized spacial score (nSPS) is 14.7. The number of rotatable bonds is 7. The SMILES string of the molecule is Cc1nnc(-c2ccccc2NS(=O)(=O)c2ccc(S(=O)(=O)NC3CC3)cc2)o1. The molecular formula is C18H18N4O5S2. The average Bonchev–Trinajstić information content (AvgIpc) is 3.38. The summed E-state index contributed by atoms with van der Waals surface area (Å²) in [7, 11) is -7.62. The Morgan fingerprint density at radius 2 is 1.52 bits per heavy atom. The molecule has 0 saturated heterocycles. The highest BCUT2D eigenvalue weighted by Crippen LogP contribution is 2.29. The van der Waals surface area contributed by atoms with E-state index < -0.39 is 20.0 Å². The van der Waals surface area contributed by atoms with Crippen LogP contribution in [0.5, 0.6) is 0 Å². The third-order valence-electron chi connectivity index (χ3n) is 4.27. The van der Waals surface area contributed by atoms with E-state index in [1.807, 2.05) is 0 Å². The van der Waals surface area contributed by atoms with Crippen LogP contribution in [0.1, 0.15) is 18.7 Å². The van der Waals surface area contributed by atoms with E-state index in [-0.39, 0.29) is 27.4 Å². The molecule has 1 fully saturated rings. The monoisotopic (exact) mass is 434 g/mol. The molecule has 4 rings (SSSR count). The van der Waals surface area contributed by atoms with Crippen molar-refractivity contribution in [2.45, 2.75) is 35.6 Å². The molecule has 0 amide bonds. The molecule has 0 radical (unpaired) electrons. The summed E-state index contributed by atoms with van der Waals surface area (Å²) in [6.07, 6.45) is 1.63. The van der Waals surface area contributed by atoms with Crippen molar-refractivity contribution in [2.24, 2.45) is 0 Å². The van der Waals surface area contributed by atoms with Crippen LogP contribution in [0.4, 0.5) is 5.69 Å². The molecule has 9 nitrogen and oxygen atoms in total. The molecular weight excluding hydrogens is 416 g/mol. The average molecular weight is 434 g/mol. The van der Waals surface area contributed by atoms with Gasteiger partial charge in [0.15, 0.2) is 0 Å². The van der Waals surface area contributed by atoms with Gasteiger partial charge in [0.25, 0.3) is 10.0 Å². The molecule has 2 aromatic carbocycles. The van der Waals surface area contributed by atoms with Crippen LogP contribution in [-0.2, 0) is 20.0 Å². The summed E-state index contributed by atoms with van der Waals surface area (Å²) in [5.41, 5.74) is 0.702. The number of nitrogens with one attached hydrogen (secondary N) is 2. The van der Waals surface area contributed by atoms with Crippen LogP contribution in [0.2, 0.25) is 0 Å². The fraction of sp³-hybridized carbons (Fsp3) is 0.222. The topological polar surface area (TPSA) is 131 Å². The quantitative estimate of drug-likeness (QED) is 0.583. The van der Waals surface area contributed by atoms with Crippen molar-refractivity contribution in [3.05, 3.63) is 54.4 Å². The van der Waals surface area contributed by atoms with E-state index in [9.17, 15) is 16.8 Å². The highest BCUT2D eigenvalue weighted by atomic mass is 32.2. The predicted octanol–water partition coefficient (Wildman–Crippen LogP) is 2.29. The second kappa shape index (κ2) is 7.25. The van der Waals surface area contributed by atoms with Crippen molar-refractivity contribution >= 4 is 25.7 Å². The summed E-state index contributed by atoms with van der Waals surface area (Å²) in [4.78, 5) is -0.0514. The lowest BCUT2D eigenvalue weighted by Crippen LogP contribution is -2.25. The first-order chi connectivity index (χ1) is 13.7. The maximum atomic E-state index is 12.8. The third kappa shape index (κ3) is 4.31. The number of para-hydroxylation sites is 1. The molecule has 11 heteroatoms. The number of hydrogen-bond donors (Lipinski definition) is 2. The van der Waals surface area contributed by atoms with Gasteiger partial charge in [0.2, 0.25) is 21.8 Å². The Balaban J connectivity index is 1.60. The van der Waals surface area contributed by atoms with Gasteiger partial charge in [-0.25, -0.2) is 21.6 Å². The molecule has 0 unspecified atom stereocenters. The van der Waals surface area contributed by atoms with Crippen LogP contribution in [0.15, 0.2) is 62.7 Å². The van der Waals surface area contributed by atoms with E-state index in [1.165, 1.54) is 24.3 Å². The molecule has 0 aliphatic heterocycles. The van der Waals surface area contributed by atoms with E-state index in [0.717, 1.165) is 12.8 Å². The van der Waals surface area contributed by atoms with Crippen LogP contribution in [0.25, 0.3) is 11.5 Å². The van der Waals surface area contributed by atoms with Crippen LogP contribution in [0, 0.1) is 6.92 Å². The Kier molecular flexibility index (Phi) is 4.89. The maximum absolute atomic E-state index is 12.8. The molecule has 1 aliphatic rings. The predicted molar refractivity (Wildman–Crippen MR) is 105 cm³/mol. The van der Waals surface area contributed by atoms with E-state index in [2.05, 4.69) is 19.6 Å². The number of aromatic nitrogens is 2.